The molecule has 1 fully saturated rings. The van der Waals surface area contributed by atoms with E-state index in [4.69, 9.17) is 14.1 Å². The predicted octanol–water partition coefficient (Wildman–Crippen LogP) is 6.42. The lowest BCUT2D eigenvalue weighted by Crippen LogP contribution is -2.36. The highest BCUT2D eigenvalue weighted by molar-refractivity contribution is 7.99. The Morgan fingerprint density at radius 2 is 2.05 bits per heavy atom. The second-order valence-electron chi connectivity index (χ2n) is 9.10. The van der Waals surface area contributed by atoms with Crippen molar-refractivity contribution in [2.75, 3.05) is 6.61 Å². The van der Waals surface area contributed by atoms with Crippen LogP contribution in [0.4, 0.5) is 18.9 Å². The van der Waals surface area contributed by atoms with Crippen molar-refractivity contribution in [1.82, 2.24) is 15.0 Å². The zero-order valence-electron chi connectivity index (χ0n) is 20.0. The van der Waals surface area contributed by atoms with E-state index in [2.05, 4.69) is 15.0 Å². The van der Waals surface area contributed by atoms with Crippen molar-refractivity contribution < 1.29 is 31.9 Å². The molecule has 3 aromatic heterocycles. The third-order valence-electron chi connectivity index (χ3n) is 6.74. The zero-order valence-corrected chi connectivity index (χ0v) is 20.8. The van der Waals surface area contributed by atoms with E-state index < -0.39 is 29.5 Å². The summed E-state index contributed by atoms with van der Waals surface area (Å²) in [6.45, 7) is 1.93. The van der Waals surface area contributed by atoms with Gasteiger partial charge in [-0.25, -0.2) is 9.78 Å². The van der Waals surface area contributed by atoms with Gasteiger partial charge in [0, 0.05) is 23.9 Å². The maximum absolute atomic E-state index is 13.1. The number of Topliss-reactive ketones (excluding diaryl/α,β-unsaturated/α-hetero) is 1. The summed E-state index contributed by atoms with van der Waals surface area (Å²) in [4.78, 5) is 40.5. The molecule has 2 unspecified atom stereocenters. The van der Waals surface area contributed by atoms with Crippen LogP contribution in [-0.4, -0.2) is 39.0 Å². The van der Waals surface area contributed by atoms with Crippen molar-refractivity contribution in [1.29, 1.82) is 0 Å². The number of nitrogens with zero attached hydrogens (tertiary/aromatic N) is 2. The van der Waals surface area contributed by atoms with Gasteiger partial charge in [0.15, 0.2) is 15.9 Å². The van der Waals surface area contributed by atoms with Crippen LogP contribution in [0.1, 0.15) is 59.5 Å². The molecule has 196 valence electrons. The minimum Gasteiger partial charge on any atom is -0.461 e. The number of esters is 1. The molecular weight excluding hydrogens is 521 g/mol. The quantitative estimate of drug-likeness (QED) is 0.282. The molecule has 38 heavy (non-hydrogen) atoms. The standard InChI is InChI=1S/C26H21F3N4O4S/c1-2-36-24(35)23-22-13(11-30-23)20(21-15(31-22)4-3-5-17(21)34)18-8-9-19(37-18)38-25-32-14-7-6-12(26(27,28)29)10-16(14)33-25/h6-11,20-21,30H,2-5H2,1H3,(H,32,33). The Balaban J connectivity index is 1.33. The Labute approximate surface area is 218 Å². The maximum atomic E-state index is 13.1. The number of nitrogens with one attached hydrogen (secondary N) is 2. The molecule has 0 amide bonds. The summed E-state index contributed by atoms with van der Waals surface area (Å²) in [6.07, 6.45) is -1.02. The second kappa shape index (κ2) is 9.19. The SMILES string of the molecule is CCOC(=O)c1[nH]cc2c1N=C1CCCC(=O)C1C2c1ccc(Sc2nc3ccc(C(F)(F)F)cc3[nH]2)o1. The molecular formula is C26H21F3N4O4S. The average Bonchev–Trinajstić information content (AvgIpc) is 3.60. The smallest absolute Gasteiger partial charge is 0.416 e. The van der Waals surface area contributed by atoms with Gasteiger partial charge in [-0.2, -0.15) is 13.2 Å². The summed E-state index contributed by atoms with van der Waals surface area (Å²) in [7, 11) is 0. The molecule has 2 atom stereocenters. The Kier molecular flexibility index (Phi) is 5.93. The largest absolute Gasteiger partial charge is 0.461 e. The van der Waals surface area contributed by atoms with Gasteiger partial charge in [-0.1, -0.05) is 0 Å². The van der Waals surface area contributed by atoms with Crippen LogP contribution in [0, 0.1) is 5.92 Å². The highest BCUT2D eigenvalue weighted by Crippen LogP contribution is 2.48. The molecule has 4 aromatic rings. The van der Waals surface area contributed by atoms with Crippen LogP contribution in [0.5, 0.6) is 0 Å². The number of furan rings is 1. The van der Waals surface area contributed by atoms with E-state index in [0.29, 0.717) is 57.8 Å². The number of fused-ring (bicyclic) bond motifs is 3. The van der Waals surface area contributed by atoms with Crippen LogP contribution in [0.3, 0.4) is 0 Å². The lowest BCUT2D eigenvalue weighted by molar-refractivity contribution is -0.137. The molecule has 1 aliphatic heterocycles. The van der Waals surface area contributed by atoms with Crippen molar-refractivity contribution >= 4 is 45.9 Å². The maximum Gasteiger partial charge on any atom is 0.416 e. The number of H-pyrrole nitrogens is 2. The van der Waals surface area contributed by atoms with Gasteiger partial charge in [-0.15, -0.1) is 0 Å². The van der Waals surface area contributed by atoms with Crippen molar-refractivity contribution in [2.45, 2.75) is 48.5 Å². The van der Waals surface area contributed by atoms with Gasteiger partial charge in [0.1, 0.15) is 11.5 Å². The van der Waals surface area contributed by atoms with E-state index >= 15 is 0 Å². The van der Waals surface area contributed by atoms with E-state index in [9.17, 15) is 22.8 Å². The Morgan fingerprint density at radius 3 is 2.84 bits per heavy atom. The van der Waals surface area contributed by atoms with Crippen LogP contribution in [0.15, 0.2) is 56.2 Å². The van der Waals surface area contributed by atoms with Crippen molar-refractivity contribution in [3.05, 3.63) is 59.1 Å². The topological polar surface area (TPSA) is 113 Å². The molecule has 2 N–H and O–H groups in total. The third kappa shape index (κ3) is 4.22. The predicted molar refractivity (Wildman–Crippen MR) is 132 cm³/mol. The summed E-state index contributed by atoms with van der Waals surface area (Å²) in [5, 5.41) is 0.817. The van der Waals surface area contributed by atoms with Crippen molar-refractivity contribution in [3.63, 3.8) is 0 Å². The van der Waals surface area contributed by atoms with Gasteiger partial charge in [0.05, 0.1) is 40.7 Å². The van der Waals surface area contributed by atoms with E-state index in [1.165, 1.54) is 6.07 Å². The van der Waals surface area contributed by atoms with E-state index in [-0.39, 0.29) is 23.6 Å². The molecule has 1 saturated carbocycles. The molecule has 0 spiro atoms. The minimum absolute atomic E-state index is 0.0629. The van der Waals surface area contributed by atoms with E-state index in [0.717, 1.165) is 23.9 Å². The van der Waals surface area contributed by atoms with Crippen molar-refractivity contribution in [3.8, 4) is 0 Å². The first-order valence-electron chi connectivity index (χ1n) is 12.1. The first kappa shape index (κ1) is 24.5. The molecule has 12 heteroatoms. The minimum atomic E-state index is -4.45. The molecule has 4 heterocycles. The number of carbonyl (C=O) groups excluding carboxylic acids is 2. The van der Waals surface area contributed by atoms with Gasteiger partial charge in [-0.3, -0.25) is 9.79 Å². The first-order chi connectivity index (χ1) is 18.2. The fraction of sp³-hybridized carbons (Fsp3) is 0.308. The molecule has 2 aliphatic rings. The summed E-state index contributed by atoms with van der Waals surface area (Å²) < 4.78 is 50.5. The number of halogens is 3. The number of carbonyl (C=O) groups is 2. The van der Waals surface area contributed by atoms with Crippen LogP contribution >= 0.6 is 11.8 Å². The van der Waals surface area contributed by atoms with Crippen LogP contribution < -0.4 is 0 Å². The normalized spacial score (nSPS) is 19.3. The Hall–Kier alpha value is -3.80. The van der Waals surface area contributed by atoms with Crippen LogP contribution in [0.2, 0.25) is 0 Å². The van der Waals surface area contributed by atoms with Gasteiger partial charge in [-0.05, 0) is 61.9 Å². The summed E-state index contributed by atoms with van der Waals surface area (Å²) >= 11 is 1.13. The number of aromatic amines is 2. The number of benzene rings is 1. The zero-order chi connectivity index (χ0) is 26.6. The number of rotatable bonds is 5. The second-order valence-corrected chi connectivity index (χ2v) is 10.1. The lowest BCUT2D eigenvalue weighted by Gasteiger charge is -2.32. The Bertz CT molecular complexity index is 1600. The average molecular weight is 543 g/mol. The van der Waals surface area contributed by atoms with E-state index in [1.54, 1.807) is 25.3 Å². The molecule has 0 radical (unpaired) electrons. The van der Waals surface area contributed by atoms with E-state index in [1.807, 2.05) is 0 Å². The van der Waals surface area contributed by atoms with Crippen LogP contribution in [-0.2, 0) is 15.7 Å². The third-order valence-corrected chi connectivity index (χ3v) is 7.55. The summed E-state index contributed by atoms with van der Waals surface area (Å²) in [6, 6.07) is 6.82. The van der Waals surface area contributed by atoms with Gasteiger partial charge < -0.3 is 19.1 Å². The molecule has 0 saturated heterocycles. The van der Waals surface area contributed by atoms with Crippen molar-refractivity contribution in [2.24, 2.45) is 10.9 Å². The molecule has 6 rings (SSSR count). The summed E-state index contributed by atoms with van der Waals surface area (Å²) in [5.74, 6) is -0.923. The number of alkyl halides is 3. The molecule has 1 aliphatic carbocycles. The molecule has 8 nitrogen and oxygen atoms in total. The number of ketones is 1. The monoisotopic (exact) mass is 542 g/mol. The summed E-state index contributed by atoms with van der Waals surface area (Å²) in [5.41, 5.74) is 1.98. The first-order valence-corrected chi connectivity index (χ1v) is 12.9. The molecule has 1 aromatic carbocycles. The fourth-order valence-corrected chi connectivity index (χ4v) is 5.86. The number of aromatic nitrogens is 3. The van der Waals surface area contributed by atoms with Gasteiger partial charge >= 0.3 is 12.1 Å². The van der Waals surface area contributed by atoms with Crippen LogP contribution in [0.25, 0.3) is 11.0 Å². The van der Waals surface area contributed by atoms with Gasteiger partial charge in [0.25, 0.3) is 0 Å². The fourth-order valence-electron chi connectivity index (χ4n) is 5.09. The van der Waals surface area contributed by atoms with Gasteiger partial charge in [0.2, 0.25) is 0 Å². The number of hydrogen-bond donors (Lipinski definition) is 2. The highest BCUT2D eigenvalue weighted by Gasteiger charge is 2.44. The number of imidazole rings is 1. The number of aliphatic imine (C=N–C) groups is 1. The number of ether oxygens (including phenoxy) is 1. The highest BCUT2D eigenvalue weighted by atomic mass is 32.2. The molecule has 0 bridgehead atoms. The number of hydrogen-bond acceptors (Lipinski definition) is 7. The lowest BCUT2D eigenvalue weighted by atomic mass is 9.72. The Morgan fingerprint density at radius 1 is 1.21 bits per heavy atom.